The molecule has 1 saturated heterocycles. The van der Waals surface area contributed by atoms with Crippen molar-refractivity contribution in [1.29, 1.82) is 5.26 Å². The summed E-state index contributed by atoms with van der Waals surface area (Å²) in [6, 6.07) is 12.0. The van der Waals surface area contributed by atoms with Gasteiger partial charge in [-0.25, -0.2) is 14.1 Å². The average Bonchev–Trinajstić information content (AvgIpc) is 3.71. The maximum absolute atomic E-state index is 14.4. The summed E-state index contributed by atoms with van der Waals surface area (Å²) in [5.74, 6) is -3.31. The predicted octanol–water partition coefficient (Wildman–Crippen LogP) is 3.34. The Balaban J connectivity index is 1.67. The minimum atomic E-state index is -4.51. The number of aromatic nitrogens is 3. The van der Waals surface area contributed by atoms with Crippen molar-refractivity contribution in [1.82, 2.24) is 19.7 Å². The molecule has 3 heterocycles. The van der Waals surface area contributed by atoms with E-state index in [1.165, 1.54) is 36.0 Å². The Kier molecular flexibility index (Phi) is 14.9. The lowest BCUT2D eigenvalue weighted by Crippen LogP contribution is -2.47. The van der Waals surface area contributed by atoms with Crippen molar-refractivity contribution in [3.63, 3.8) is 0 Å². The number of para-hydroxylation sites is 1. The number of nitrogens with zero attached hydrogens (tertiary/aromatic N) is 4. The topological polar surface area (TPSA) is 234 Å². The van der Waals surface area contributed by atoms with Crippen LogP contribution in [0.25, 0.3) is 5.52 Å². The third kappa shape index (κ3) is 10.3. The van der Waals surface area contributed by atoms with Crippen molar-refractivity contribution in [3.8, 4) is 11.8 Å². The van der Waals surface area contributed by atoms with E-state index in [1.54, 1.807) is 52.0 Å². The molecule has 0 radical (unpaired) electrons. The molecule has 3 N–H and O–H groups in total. The van der Waals surface area contributed by atoms with Crippen LogP contribution in [-0.2, 0) is 57.5 Å². The molecule has 1 aliphatic heterocycles. The molecule has 2 aromatic heterocycles. The monoisotopic (exact) mass is 774 g/mol. The molecule has 1 unspecified atom stereocenters. The Bertz CT molecular complexity index is 1820. The molecule has 1 aromatic carbocycles. The van der Waals surface area contributed by atoms with E-state index in [2.05, 4.69) is 21.2 Å². The summed E-state index contributed by atoms with van der Waals surface area (Å²) >= 11 is 0. The van der Waals surface area contributed by atoms with Gasteiger partial charge in [0.15, 0.2) is 18.0 Å². The number of nitrogens with one attached hydrogen (secondary N) is 1. The fraction of sp³-hybridized carbons (Fsp3) is 0.543. The van der Waals surface area contributed by atoms with Crippen LogP contribution in [0.1, 0.15) is 47.2 Å². The van der Waals surface area contributed by atoms with Crippen LogP contribution in [0.3, 0.4) is 0 Å². The first-order valence-corrected chi connectivity index (χ1v) is 19.0. The number of nitrogen functional groups attached to an aromatic ring is 1. The van der Waals surface area contributed by atoms with Gasteiger partial charge in [-0.3, -0.25) is 18.9 Å². The number of hydrogen-bond acceptors (Lipinski definition) is 16. The molecular weight excluding hydrogens is 727 g/mol. The minimum absolute atomic E-state index is 0.0730. The van der Waals surface area contributed by atoms with Gasteiger partial charge in [0.05, 0.1) is 44.0 Å². The maximum Gasteiger partial charge on any atom is 0.459 e. The van der Waals surface area contributed by atoms with Gasteiger partial charge in [0, 0.05) is 6.61 Å². The highest BCUT2D eigenvalue weighted by atomic mass is 31.2. The smallest absolute Gasteiger partial charge is 0.459 e. The van der Waals surface area contributed by atoms with Gasteiger partial charge in [0.2, 0.25) is 5.60 Å². The minimum Gasteiger partial charge on any atom is -0.462 e. The van der Waals surface area contributed by atoms with Gasteiger partial charge in [-0.2, -0.15) is 15.4 Å². The van der Waals surface area contributed by atoms with E-state index in [9.17, 15) is 24.2 Å². The molecular formula is C35H47N6O12P. The van der Waals surface area contributed by atoms with Gasteiger partial charge in [-0.1, -0.05) is 45.9 Å². The first-order valence-electron chi connectivity index (χ1n) is 17.4. The highest BCUT2D eigenvalue weighted by Gasteiger charge is 2.63. The lowest BCUT2D eigenvalue weighted by molar-refractivity contribution is -0.173. The molecule has 1 fully saturated rings. The maximum atomic E-state index is 14.4. The number of fused-ring (bicyclic) bond motifs is 1. The van der Waals surface area contributed by atoms with Gasteiger partial charge in [0.25, 0.3) is 0 Å². The summed E-state index contributed by atoms with van der Waals surface area (Å²) in [4.78, 5) is 43.2. The van der Waals surface area contributed by atoms with Gasteiger partial charge in [-0.15, -0.1) is 0 Å². The number of ether oxygens (including phenoxy) is 6. The third-order valence-corrected chi connectivity index (χ3v) is 9.64. The third-order valence-electron chi connectivity index (χ3n) is 8.00. The Morgan fingerprint density at radius 2 is 1.65 bits per heavy atom. The normalized spacial score (nSPS) is 21.4. The molecule has 54 heavy (non-hydrogen) atoms. The molecule has 0 amide bonds. The van der Waals surface area contributed by atoms with E-state index in [0.717, 1.165) is 0 Å². The number of esters is 3. The van der Waals surface area contributed by atoms with E-state index in [0.29, 0.717) is 25.3 Å². The standard InChI is InChI=1S/C35H47N6O12P/c1-7-46-15-16-47-17-18-48-34(44)24(6)40-54(45,53-25-11-9-8-10-12-25)49-19-27-29(50-32(42)22(2)3)30(51-33(43)23(4)5)35(20-36,52-27)28-14-13-26-31(37)38-21-39-41(26)28/h8-14,21-24,27,29-30H,7,15-19H2,1-6H3,(H,40,45)(H2,37,38,39)/t24-,27+,29+,30+,35-,54?/m0/s1. The lowest BCUT2D eigenvalue weighted by atomic mass is 9.92. The van der Waals surface area contributed by atoms with Crippen molar-refractivity contribution in [3.05, 3.63) is 54.5 Å². The number of benzene rings is 1. The van der Waals surface area contributed by atoms with E-state index in [1.807, 2.05) is 6.92 Å². The molecule has 18 nitrogen and oxygen atoms in total. The molecule has 19 heteroatoms. The molecule has 0 saturated carbocycles. The van der Waals surface area contributed by atoms with Crippen LogP contribution in [0, 0.1) is 23.2 Å². The van der Waals surface area contributed by atoms with E-state index >= 15 is 0 Å². The van der Waals surface area contributed by atoms with Crippen LogP contribution >= 0.6 is 7.75 Å². The van der Waals surface area contributed by atoms with E-state index < -0.39 is 74.1 Å². The zero-order chi connectivity index (χ0) is 39.5. The first-order chi connectivity index (χ1) is 25.7. The largest absolute Gasteiger partial charge is 0.462 e. The summed E-state index contributed by atoms with van der Waals surface area (Å²) in [6.07, 6.45) is -3.31. The van der Waals surface area contributed by atoms with Crippen LogP contribution in [0.2, 0.25) is 0 Å². The van der Waals surface area contributed by atoms with Crippen molar-refractivity contribution in [2.75, 3.05) is 45.4 Å². The highest BCUT2D eigenvalue weighted by molar-refractivity contribution is 7.52. The number of carbonyl (C=O) groups excluding carboxylic acids is 3. The SMILES string of the molecule is CCOCCOCCOC(=O)[C@H](C)NP(=O)(OC[C@H]1O[C@@](C#N)(c2ccc3c(N)ncnn23)[C@H](OC(=O)C(C)C)[C@@H]1OC(=O)C(C)C)Oc1ccccc1. The fourth-order valence-electron chi connectivity index (χ4n) is 5.20. The van der Waals surface area contributed by atoms with Gasteiger partial charge < -0.3 is 38.7 Å². The summed E-state index contributed by atoms with van der Waals surface area (Å²) in [5, 5.41) is 17.7. The molecule has 4 rings (SSSR count). The summed E-state index contributed by atoms with van der Waals surface area (Å²) in [6.45, 7) is 10.2. The van der Waals surface area contributed by atoms with Crippen molar-refractivity contribution >= 4 is 37.0 Å². The Morgan fingerprint density at radius 1 is 0.981 bits per heavy atom. The van der Waals surface area contributed by atoms with Crippen molar-refractivity contribution < 1.29 is 56.4 Å². The second kappa shape index (κ2) is 19.1. The van der Waals surface area contributed by atoms with Crippen LogP contribution in [-0.4, -0.2) is 96.5 Å². The number of nitriles is 1. The van der Waals surface area contributed by atoms with Gasteiger partial charge in [-0.05, 0) is 38.1 Å². The van der Waals surface area contributed by atoms with Crippen LogP contribution in [0.4, 0.5) is 5.82 Å². The second-order valence-corrected chi connectivity index (χ2v) is 14.5. The van der Waals surface area contributed by atoms with E-state index in [4.69, 9.17) is 43.2 Å². The molecule has 0 aliphatic carbocycles. The van der Waals surface area contributed by atoms with Gasteiger partial charge in [0.1, 0.15) is 42.4 Å². The Morgan fingerprint density at radius 3 is 2.31 bits per heavy atom. The van der Waals surface area contributed by atoms with Gasteiger partial charge >= 0.3 is 25.7 Å². The molecule has 0 spiro atoms. The lowest BCUT2D eigenvalue weighted by Gasteiger charge is -2.29. The Labute approximate surface area is 313 Å². The molecule has 6 atom stereocenters. The van der Waals surface area contributed by atoms with Crippen molar-refractivity contribution in [2.45, 2.75) is 71.5 Å². The highest BCUT2D eigenvalue weighted by Crippen LogP contribution is 2.48. The van der Waals surface area contributed by atoms with Crippen molar-refractivity contribution in [2.24, 2.45) is 11.8 Å². The van der Waals surface area contributed by atoms with Crippen LogP contribution in [0.15, 0.2) is 48.8 Å². The summed E-state index contributed by atoms with van der Waals surface area (Å²) in [7, 11) is -4.51. The predicted molar refractivity (Wildman–Crippen MR) is 190 cm³/mol. The zero-order valence-corrected chi connectivity index (χ0v) is 31.9. The fourth-order valence-corrected chi connectivity index (χ4v) is 6.70. The number of hydrogen-bond donors (Lipinski definition) is 2. The second-order valence-electron chi connectivity index (χ2n) is 12.8. The van der Waals surface area contributed by atoms with E-state index in [-0.39, 0.29) is 30.5 Å². The summed E-state index contributed by atoms with van der Waals surface area (Å²) in [5.41, 5.74) is 4.29. The van der Waals surface area contributed by atoms with Crippen LogP contribution in [0.5, 0.6) is 5.75 Å². The molecule has 3 aromatic rings. The number of carbonyl (C=O) groups is 3. The quantitative estimate of drug-likeness (QED) is 0.0725. The number of anilines is 1. The number of rotatable bonds is 20. The molecule has 294 valence electrons. The number of nitrogens with two attached hydrogens (primary N) is 1. The molecule has 0 bridgehead atoms. The summed E-state index contributed by atoms with van der Waals surface area (Å²) < 4.78 is 61.5. The molecule has 1 aliphatic rings. The zero-order valence-electron chi connectivity index (χ0n) is 31.0. The Hall–Kier alpha value is -4.63. The average molecular weight is 775 g/mol. The van der Waals surface area contributed by atoms with Crippen LogP contribution < -0.4 is 15.3 Å². The first kappa shape index (κ1) is 42.1.